The molecule has 0 aliphatic heterocycles. The molecule has 206 valence electrons. The normalized spacial score (nSPS) is 11.2. The Morgan fingerprint density at radius 3 is 2.23 bits per heavy atom. The molecule has 0 unspecified atom stereocenters. The first kappa shape index (κ1) is 28.8. The van der Waals surface area contributed by atoms with Gasteiger partial charge in [-0.15, -0.1) is 12.1 Å². The molecule has 4 aromatic heterocycles. The van der Waals surface area contributed by atoms with E-state index in [-0.39, 0.29) is 44.0 Å². The predicted molar refractivity (Wildman–Crippen MR) is 134 cm³/mol. The minimum Gasteiger partial charge on any atom is -0.378 e. The van der Waals surface area contributed by atoms with E-state index in [1.807, 2.05) is 6.07 Å². The Bertz CT molecular complexity index is 1620. The van der Waals surface area contributed by atoms with Crippen molar-refractivity contribution in [3.05, 3.63) is 103 Å². The third kappa shape index (κ3) is 6.01. The Hall–Kier alpha value is -4.18. The number of pyridine rings is 3. The summed E-state index contributed by atoms with van der Waals surface area (Å²) in [6.45, 7) is 0. The van der Waals surface area contributed by atoms with Crippen molar-refractivity contribution in [3.63, 3.8) is 0 Å². The second-order valence-electron chi connectivity index (χ2n) is 8.45. The van der Waals surface area contributed by atoms with Crippen molar-refractivity contribution in [2.75, 3.05) is 23.9 Å². The molecule has 0 fully saturated rings. The monoisotopic (exact) mass is 730 g/mol. The van der Waals surface area contributed by atoms with Gasteiger partial charge in [0.15, 0.2) is 0 Å². The number of hydrogen-bond donors (Lipinski definition) is 0. The Morgan fingerprint density at radius 2 is 1.57 bits per heavy atom. The quantitative estimate of drug-likeness (QED) is 0.119. The molecule has 0 radical (unpaired) electrons. The molecule has 0 saturated carbocycles. The van der Waals surface area contributed by atoms with Crippen LogP contribution in [-0.2, 0) is 27.2 Å². The molecule has 5 rings (SSSR count). The van der Waals surface area contributed by atoms with Crippen molar-refractivity contribution < 1.29 is 43.0 Å². The van der Waals surface area contributed by atoms with E-state index in [9.17, 15) is 22.0 Å². The van der Waals surface area contributed by atoms with Crippen molar-refractivity contribution >= 4 is 23.0 Å². The second kappa shape index (κ2) is 11.5. The van der Waals surface area contributed by atoms with E-state index in [1.54, 1.807) is 72.4 Å². The van der Waals surface area contributed by atoms with Gasteiger partial charge >= 0.3 is 27.2 Å². The van der Waals surface area contributed by atoms with E-state index in [2.05, 4.69) is 32.3 Å². The van der Waals surface area contributed by atoms with Crippen LogP contribution >= 0.6 is 0 Å². The van der Waals surface area contributed by atoms with Crippen LogP contribution in [0.3, 0.4) is 0 Å². The molecule has 0 spiro atoms. The Labute approximate surface area is 240 Å². The molecule has 0 atom stereocenters. The number of halogens is 5. The van der Waals surface area contributed by atoms with Gasteiger partial charge in [-0.3, -0.25) is 25.0 Å². The molecule has 1 aromatic carbocycles. The number of para-hydroxylation sites is 1. The van der Waals surface area contributed by atoms with E-state index < -0.39 is 23.8 Å². The minimum atomic E-state index is -4.64. The number of aromatic nitrogens is 5. The maximum Gasteiger partial charge on any atom is 2.00 e. The summed E-state index contributed by atoms with van der Waals surface area (Å²) in [6.07, 6.45) is -2.20. The molecule has 13 heteroatoms. The van der Waals surface area contributed by atoms with Crippen LogP contribution in [0.5, 0.6) is 0 Å². The van der Waals surface area contributed by atoms with Crippen LogP contribution in [-0.4, -0.2) is 38.8 Å². The summed E-state index contributed by atoms with van der Waals surface area (Å²) < 4.78 is 68.3. The third-order valence-electron chi connectivity index (χ3n) is 5.55. The smallest absolute Gasteiger partial charge is 0.378 e. The van der Waals surface area contributed by atoms with Gasteiger partial charge in [0.2, 0.25) is 0 Å². The largest absolute Gasteiger partial charge is 2.00 e. The summed E-state index contributed by atoms with van der Waals surface area (Å²) in [4.78, 5) is 15.8. The number of hydrogen-bond acceptors (Lipinski definition) is 6. The molecular weight excluding hydrogens is 712 g/mol. The van der Waals surface area contributed by atoms with Gasteiger partial charge in [0.05, 0.1) is 11.5 Å². The molecule has 0 saturated heterocycles. The van der Waals surface area contributed by atoms with E-state index in [0.29, 0.717) is 17.2 Å². The van der Waals surface area contributed by atoms with Gasteiger partial charge in [-0.1, -0.05) is 54.2 Å². The molecule has 0 aliphatic carbocycles. The predicted octanol–water partition coefficient (Wildman–Crippen LogP) is 6.15. The van der Waals surface area contributed by atoms with Gasteiger partial charge in [0.1, 0.15) is 23.5 Å². The average molecular weight is 731 g/mol. The first-order chi connectivity index (χ1) is 18.6. The van der Waals surface area contributed by atoms with E-state index in [0.717, 1.165) is 16.8 Å². The fourth-order valence-corrected chi connectivity index (χ4v) is 3.71. The molecule has 0 amide bonds. The van der Waals surface area contributed by atoms with Crippen LogP contribution in [0.2, 0.25) is 0 Å². The average Bonchev–Trinajstić information content (AvgIpc) is 3.41. The van der Waals surface area contributed by atoms with Crippen LogP contribution < -0.4 is 9.80 Å². The minimum absolute atomic E-state index is 0. The van der Waals surface area contributed by atoms with Crippen molar-refractivity contribution in [1.82, 2.24) is 24.7 Å². The van der Waals surface area contributed by atoms with Crippen LogP contribution in [0.25, 0.3) is 17.1 Å². The SMILES string of the molecule is CN(C)c1cc(-c2[c-]cc(F)nc2F)nc(N(c2ccccc2)c2cccc(-n3[c-]cc(C(F)(F)F)n3)n2)c1.[Pt+2]. The number of anilines is 4. The summed E-state index contributed by atoms with van der Waals surface area (Å²) in [7, 11) is 3.56. The summed E-state index contributed by atoms with van der Waals surface area (Å²) in [5, 5.41) is 3.56. The molecular formula is C27H18F5N7Pt. The molecule has 0 N–H and O–H groups in total. The number of benzene rings is 1. The number of alkyl halides is 3. The molecule has 40 heavy (non-hydrogen) atoms. The van der Waals surface area contributed by atoms with Crippen LogP contribution in [0.15, 0.2) is 72.8 Å². The maximum atomic E-state index is 14.6. The maximum absolute atomic E-state index is 14.6. The Balaban J connectivity index is 0.00000370. The Kier molecular flexibility index (Phi) is 8.29. The number of rotatable bonds is 6. The van der Waals surface area contributed by atoms with Gasteiger partial charge in [0, 0.05) is 31.5 Å². The van der Waals surface area contributed by atoms with Crippen LogP contribution in [0, 0.1) is 24.2 Å². The van der Waals surface area contributed by atoms with Crippen molar-refractivity contribution in [1.29, 1.82) is 0 Å². The van der Waals surface area contributed by atoms with Crippen LogP contribution in [0.4, 0.5) is 45.0 Å². The van der Waals surface area contributed by atoms with Crippen molar-refractivity contribution in [2.45, 2.75) is 6.18 Å². The fourth-order valence-electron chi connectivity index (χ4n) is 3.71. The standard InChI is InChI=1S/C27H18F5N7.Pt/c1-37(2)18-15-20(19-11-12-22(28)34-26(19)29)33-25(16-18)39(17-7-4-3-5-8-17)24-10-6-9-23(35-24)38-14-13-21(36-38)27(30,31)32;/h3-10,12-13,15-16H,1-2H3;/q-2;+2. The summed E-state index contributed by atoms with van der Waals surface area (Å²) >= 11 is 0. The summed E-state index contributed by atoms with van der Waals surface area (Å²) in [5.41, 5.74) is 0.124. The van der Waals surface area contributed by atoms with Gasteiger partial charge < -0.3 is 9.58 Å². The Morgan fingerprint density at radius 1 is 0.825 bits per heavy atom. The zero-order valence-electron chi connectivity index (χ0n) is 20.8. The van der Waals surface area contributed by atoms with Crippen molar-refractivity contribution in [2.24, 2.45) is 0 Å². The van der Waals surface area contributed by atoms with Gasteiger partial charge in [-0.2, -0.15) is 13.2 Å². The third-order valence-corrected chi connectivity index (χ3v) is 5.55. The zero-order valence-corrected chi connectivity index (χ0v) is 23.0. The molecule has 0 bridgehead atoms. The number of nitrogens with zero attached hydrogens (tertiary/aromatic N) is 7. The molecule has 7 nitrogen and oxygen atoms in total. The topological polar surface area (TPSA) is 63.0 Å². The van der Waals surface area contributed by atoms with Gasteiger partial charge in [0.25, 0.3) is 0 Å². The molecule has 0 aliphatic rings. The van der Waals surface area contributed by atoms with E-state index >= 15 is 0 Å². The summed E-state index contributed by atoms with van der Waals surface area (Å²) in [6, 6.07) is 21.2. The van der Waals surface area contributed by atoms with E-state index in [1.165, 1.54) is 6.07 Å². The second-order valence-corrected chi connectivity index (χ2v) is 8.45. The zero-order chi connectivity index (χ0) is 27.7. The summed E-state index contributed by atoms with van der Waals surface area (Å²) in [5.74, 6) is -1.44. The first-order valence-electron chi connectivity index (χ1n) is 11.4. The molecule has 4 heterocycles. The molecule has 5 aromatic rings. The first-order valence-corrected chi connectivity index (χ1v) is 11.4. The fraction of sp³-hybridized carbons (Fsp3) is 0.111. The van der Waals surface area contributed by atoms with Gasteiger partial charge in [-0.05, 0) is 23.9 Å². The van der Waals surface area contributed by atoms with Crippen molar-refractivity contribution in [3.8, 4) is 17.1 Å². The van der Waals surface area contributed by atoms with Gasteiger partial charge in [-0.25, -0.2) is 8.78 Å². The van der Waals surface area contributed by atoms with E-state index in [4.69, 9.17) is 0 Å². The van der Waals surface area contributed by atoms with Crippen LogP contribution in [0.1, 0.15) is 5.69 Å².